The van der Waals surface area contributed by atoms with E-state index in [1.807, 2.05) is 50.2 Å². The fraction of sp³-hybridized carbons (Fsp3) is 0.391. The highest BCUT2D eigenvalue weighted by molar-refractivity contribution is 9.10. The molecule has 3 amide bonds. The van der Waals surface area contributed by atoms with Crippen LogP contribution in [0.2, 0.25) is 0 Å². The zero-order chi connectivity index (χ0) is 21.5. The molecule has 1 unspecified atom stereocenters. The van der Waals surface area contributed by atoms with Crippen LogP contribution in [0, 0.1) is 0 Å². The van der Waals surface area contributed by atoms with Crippen LogP contribution in [0.25, 0.3) is 0 Å². The summed E-state index contributed by atoms with van der Waals surface area (Å²) >= 11 is 3.42. The van der Waals surface area contributed by atoms with Crippen molar-refractivity contribution in [1.29, 1.82) is 0 Å². The van der Waals surface area contributed by atoms with Crippen LogP contribution >= 0.6 is 15.9 Å². The van der Waals surface area contributed by atoms with Crippen molar-refractivity contribution in [2.75, 3.05) is 28.6 Å². The predicted octanol–water partition coefficient (Wildman–Crippen LogP) is 5.61. The van der Waals surface area contributed by atoms with E-state index in [2.05, 4.69) is 36.8 Å². The van der Waals surface area contributed by atoms with Crippen LogP contribution in [0.4, 0.5) is 21.9 Å². The maximum atomic E-state index is 13.0. The average molecular weight is 473 g/mol. The van der Waals surface area contributed by atoms with Crippen LogP contribution in [0.15, 0.2) is 46.9 Å². The number of para-hydroxylation sites is 1. The largest absolute Gasteiger partial charge is 0.371 e. The second kappa shape index (κ2) is 10.5. The summed E-state index contributed by atoms with van der Waals surface area (Å²) in [6.45, 7) is 5.92. The Balaban J connectivity index is 1.81. The number of nitrogens with one attached hydrogen (secondary N) is 3. The molecule has 1 fully saturated rings. The zero-order valence-electron chi connectivity index (χ0n) is 17.5. The summed E-state index contributed by atoms with van der Waals surface area (Å²) in [4.78, 5) is 27.7. The number of anilines is 3. The third-order valence-corrected chi connectivity index (χ3v) is 6.00. The molecule has 3 rings (SSSR count). The van der Waals surface area contributed by atoms with Crippen LogP contribution in [-0.2, 0) is 0 Å². The number of hydrogen-bond acceptors (Lipinski definition) is 3. The quantitative estimate of drug-likeness (QED) is 0.511. The fourth-order valence-electron chi connectivity index (χ4n) is 3.46. The van der Waals surface area contributed by atoms with Gasteiger partial charge >= 0.3 is 6.03 Å². The van der Waals surface area contributed by atoms with E-state index in [4.69, 9.17) is 0 Å². The first kappa shape index (κ1) is 22.2. The van der Waals surface area contributed by atoms with E-state index >= 15 is 0 Å². The van der Waals surface area contributed by atoms with Gasteiger partial charge in [-0.1, -0.05) is 19.1 Å². The lowest BCUT2D eigenvalue weighted by Gasteiger charge is -2.31. The molecule has 1 aliphatic heterocycles. The highest BCUT2D eigenvalue weighted by atomic mass is 79.9. The van der Waals surface area contributed by atoms with Gasteiger partial charge in [-0.15, -0.1) is 0 Å². The topological polar surface area (TPSA) is 73.5 Å². The summed E-state index contributed by atoms with van der Waals surface area (Å²) in [7, 11) is 0. The molecule has 0 aliphatic carbocycles. The fourth-order valence-corrected chi connectivity index (χ4v) is 3.84. The van der Waals surface area contributed by atoms with Gasteiger partial charge in [0.2, 0.25) is 0 Å². The van der Waals surface area contributed by atoms with Gasteiger partial charge in [-0.25, -0.2) is 4.79 Å². The Bertz CT molecular complexity index is 897. The summed E-state index contributed by atoms with van der Waals surface area (Å²) in [5.41, 5.74) is 2.77. The van der Waals surface area contributed by atoms with Crippen molar-refractivity contribution in [2.45, 2.75) is 45.6 Å². The highest BCUT2D eigenvalue weighted by Gasteiger charge is 2.20. The maximum absolute atomic E-state index is 13.0. The number of nitrogens with zero attached hydrogens (tertiary/aromatic N) is 1. The number of hydrogen-bond donors (Lipinski definition) is 3. The number of halogens is 1. The van der Waals surface area contributed by atoms with Crippen LogP contribution < -0.4 is 20.9 Å². The molecule has 0 saturated carbocycles. The van der Waals surface area contributed by atoms with E-state index in [0.717, 1.165) is 42.5 Å². The first-order valence-corrected chi connectivity index (χ1v) is 11.3. The molecule has 2 aromatic carbocycles. The molecule has 3 N–H and O–H groups in total. The van der Waals surface area contributed by atoms with Gasteiger partial charge in [0, 0.05) is 35.0 Å². The van der Waals surface area contributed by atoms with E-state index in [0.29, 0.717) is 16.9 Å². The van der Waals surface area contributed by atoms with E-state index in [1.165, 1.54) is 6.42 Å². The van der Waals surface area contributed by atoms with E-state index in [1.54, 1.807) is 6.07 Å². The Labute approximate surface area is 186 Å². The zero-order valence-corrected chi connectivity index (χ0v) is 19.1. The summed E-state index contributed by atoms with van der Waals surface area (Å²) in [6.07, 6.45) is 4.33. The second-order valence-corrected chi connectivity index (χ2v) is 8.48. The molecule has 0 spiro atoms. The first-order valence-electron chi connectivity index (χ1n) is 10.5. The van der Waals surface area contributed by atoms with Gasteiger partial charge in [-0.3, -0.25) is 4.79 Å². The van der Waals surface area contributed by atoms with E-state index < -0.39 is 0 Å². The summed E-state index contributed by atoms with van der Waals surface area (Å²) in [6, 6.07) is 12.7. The molecule has 30 heavy (non-hydrogen) atoms. The van der Waals surface area contributed by atoms with Crippen molar-refractivity contribution in [3.8, 4) is 0 Å². The molecule has 1 aliphatic rings. The molecule has 0 bridgehead atoms. The SMILES string of the molecule is CCC(C)NC(=O)c1cc(NC(=O)Nc2ccccc2Br)ccc1N1CCCCC1. The minimum atomic E-state index is -0.360. The van der Waals surface area contributed by atoms with Gasteiger partial charge in [0.15, 0.2) is 0 Å². The number of carbonyl (C=O) groups is 2. The molecule has 0 aromatic heterocycles. The van der Waals surface area contributed by atoms with Gasteiger partial charge in [0.1, 0.15) is 0 Å². The number of benzene rings is 2. The van der Waals surface area contributed by atoms with E-state index in [-0.39, 0.29) is 18.0 Å². The van der Waals surface area contributed by atoms with Crippen LogP contribution in [0.1, 0.15) is 49.9 Å². The van der Waals surface area contributed by atoms with Crippen molar-refractivity contribution >= 4 is 44.9 Å². The Morgan fingerprint density at radius 2 is 1.80 bits per heavy atom. The van der Waals surface area contributed by atoms with Gasteiger partial charge in [-0.05, 0) is 78.9 Å². The van der Waals surface area contributed by atoms with Crippen molar-refractivity contribution in [3.63, 3.8) is 0 Å². The molecular formula is C23H29BrN4O2. The smallest absolute Gasteiger partial charge is 0.323 e. The number of rotatable bonds is 6. The Kier molecular flexibility index (Phi) is 7.74. The number of amides is 3. The van der Waals surface area contributed by atoms with Gasteiger partial charge < -0.3 is 20.9 Å². The van der Waals surface area contributed by atoms with Crippen molar-refractivity contribution < 1.29 is 9.59 Å². The predicted molar refractivity (Wildman–Crippen MR) is 127 cm³/mol. The third-order valence-electron chi connectivity index (χ3n) is 5.31. The first-order chi connectivity index (χ1) is 14.5. The normalized spacial score (nSPS) is 14.7. The molecule has 7 heteroatoms. The molecule has 160 valence electrons. The molecule has 0 radical (unpaired) electrons. The summed E-state index contributed by atoms with van der Waals surface area (Å²) in [5, 5.41) is 8.71. The van der Waals surface area contributed by atoms with Crippen LogP contribution in [0.3, 0.4) is 0 Å². The van der Waals surface area contributed by atoms with Gasteiger partial charge in [0.25, 0.3) is 5.91 Å². The number of piperidine rings is 1. The van der Waals surface area contributed by atoms with Crippen LogP contribution in [0.5, 0.6) is 0 Å². The molecule has 1 atom stereocenters. The Morgan fingerprint density at radius 1 is 1.07 bits per heavy atom. The monoisotopic (exact) mass is 472 g/mol. The molecule has 6 nitrogen and oxygen atoms in total. The maximum Gasteiger partial charge on any atom is 0.323 e. The lowest BCUT2D eigenvalue weighted by molar-refractivity contribution is 0.0939. The Hall–Kier alpha value is -2.54. The summed E-state index contributed by atoms with van der Waals surface area (Å²) < 4.78 is 0.800. The summed E-state index contributed by atoms with van der Waals surface area (Å²) in [5.74, 6) is -0.111. The number of carbonyl (C=O) groups excluding carboxylic acids is 2. The highest BCUT2D eigenvalue weighted by Crippen LogP contribution is 2.28. The molecule has 1 saturated heterocycles. The molecule has 1 heterocycles. The Morgan fingerprint density at radius 3 is 2.50 bits per heavy atom. The van der Waals surface area contributed by atoms with Gasteiger partial charge in [0.05, 0.1) is 11.3 Å². The molecule has 2 aromatic rings. The van der Waals surface area contributed by atoms with E-state index in [9.17, 15) is 9.59 Å². The standard InChI is InChI=1S/C23H29BrN4O2/c1-3-16(2)25-22(29)18-15-17(11-12-21(18)28-13-7-4-8-14-28)26-23(30)27-20-10-6-5-9-19(20)24/h5-6,9-12,15-16H,3-4,7-8,13-14H2,1-2H3,(H,25,29)(H2,26,27,30). The average Bonchev–Trinajstić information content (AvgIpc) is 2.75. The van der Waals surface area contributed by atoms with Gasteiger partial charge in [-0.2, -0.15) is 0 Å². The van der Waals surface area contributed by atoms with Crippen molar-refractivity contribution in [2.24, 2.45) is 0 Å². The third kappa shape index (κ3) is 5.75. The lowest BCUT2D eigenvalue weighted by atomic mass is 10.1. The lowest BCUT2D eigenvalue weighted by Crippen LogP contribution is -2.35. The number of urea groups is 1. The second-order valence-electron chi connectivity index (χ2n) is 7.62. The van der Waals surface area contributed by atoms with Crippen molar-refractivity contribution in [1.82, 2.24) is 5.32 Å². The van der Waals surface area contributed by atoms with Crippen LogP contribution in [-0.4, -0.2) is 31.1 Å². The minimum Gasteiger partial charge on any atom is -0.371 e. The molecular weight excluding hydrogens is 444 g/mol. The minimum absolute atomic E-state index is 0.0852. The van der Waals surface area contributed by atoms with Crippen molar-refractivity contribution in [3.05, 3.63) is 52.5 Å².